The lowest BCUT2D eigenvalue weighted by Crippen LogP contribution is -2.13. The fraction of sp³-hybridized carbons (Fsp3) is 0. The van der Waals surface area contributed by atoms with Crippen LogP contribution in [0.25, 0.3) is 10.8 Å². The summed E-state index contributed by atoms with van der Waals surface area (Å²) in [4.78, 5) is 16.2. The molecule has 0 saturated carbocycles. The van der Waals surface area contributed by atoms with Gasteiger partial charge in [0.1, 0.15) is 10.8 Å². The second kappa shape index (κ2) is 4.99. The van der Waals surface area contributed by atoms with E-state index in [2.05, 4.69) is 10.3 Å². The molecule has 2 heterocycles. The quantitative estimate of drug-likeness (QED) is 0.718. The first-order valence-corrected chi connectivity index (χ1v) is 6.95. The first-order valence-electron chi connectivity index (χ1n) is 5.63. The van der Waals surface area contributed by atoms with Crippen LogP contribution in [0.5, 0.6) is 0 Å². The lowest BCUT2D eigenvalue weighted by Gasteiger charge is -2.05. The van der Waals surface area contributed by atoms with Gasteiger partial charge in [0.25, 0.3) is 5.91 Å². The van der Waals surface area contributed by atoms with Crippen LogP contribution in [0.3, 0.4) is 0 Å². The molecule has 1 amide bonds. The van der Waals surface area contributed by atoms with Crippen molar-refractivity contribution in [1.29, 1.82) is 0 Å². The van der Waals surface area contributed by atoms with E-state index >= 15 is 0 Å². The van der Waals surface area contributed by atoms with Crippen molar-refractivity contribution in [2.75, 3.05) is 5.32 Å². The number of hydrogen-bond donors (Lipinski definition) is 1. The average Bonchev–Trinajstić information content (AvgIpc) is 2.91. The van der Waals surface area contributed by atoms with Gasteiger partial charge in [-0.25, -0.2) is 4.98 Å². The molecule has 0 atom stereocenters. The number of nitrogens with one attached hydrogen (secondary N) is 1. The summed E-state index contributed by atoms with van der Waals surface area (Å²) in [5.74, 6) is -0.258. The normalized spacial score (nSPS) is 10.6. The van der Waals surface area contributed by atoms with Gasteiger partial charge >= 0.3 is 0 Å². The predicted octanol–water partition coefficient (Wildman–Crippen LogP) is 4.20. The van der Waals surface area contributed by atoms with Crippen molar-refractivity contribution in [3.05, 3.63) is 58.0 Å². The molecule has 3 nitrogen and oxygen atoms in total. The molecule has 0 unspecified atom stereocenters. The molecule has 0 fully saturated rings. The second-order valence-corrected chi connectivity index (χ2v) is 5.12. The van der Waals surface area contributed by atoms with Gasteiger partial charge in [0, 0.05) is 10.8 Å². The summed E-state index contributed by atoms with van der Waals surface area (Å²) in [6.07, 6.45) is 0. The molecule has 3 aromatic rings. The number of carbonyl (C=O) groups excluding carboxylic acids is 1. The molecule has 3 rings (SSSR count). The summed E-state index contributed by atoms with van der Waals surface area (Å²) in [7, 11) is 0. The van der Waals surface area contributed by atoms with Crippen LogP contribution in [0.1, 0.15) is 10.5 Å². The molecule has 0 radical (unpaired) electrons. The topological polar surface area (TPSA) is 42.0 Å². The average molecular weight is 289 g/mol. The number of anilines is 1. The molecule has 0 aliphatic carbocycles. The van der Waals surface area contributed by atoms with E-state index in [-0.39, 0.29) is 5.91 Å². The Labute approximate surface area is 118 Å². The Morgan fingerprint density at radius 3 is 2.89 bits per heavy atom. The van der Waals surface area contributed by atoms with Gasteiger partial charge in [-0.2, -0.15) is 11.3 Å². The van der Waals surface area contributed by atoms with Gasteiger partial charge in [0.2, 0.25) is 0 Å². The Hall–Kier alpha value is -1.91. The van der Waals surface area contributed by atoms with Crippen LogP contribution < -0.4 is 5.32 Å². The fourth-order valence-electron chi connectivity index (χ4n) is 1.80. The minimum Gasteiger partial charge on any atom is -0.320 e. The Morgan fingerprint density at radius 1 is 1.26 bits per heavy atom. The zero-order chi connectivity index (χ0) is 13.2. The monoisotopic (exact) mass is 288 g/mol. The predicted molar refractivity (Wildman–Crippen MR) is 79.0 cm³/mol. The van der Waals surface area contributed by atoms with E-state index in [1.54, 1.807) is 6.07 Å². The summed E-state index contributed by atoms with van der Waals surface area (Å²) in [6.45, 7) is 0. The van der Waals surface area contributed by atoms with E-state index < -0.39 is 0 Å². The number of carbonyl (C=O) groups is 1. The second-order valence-electron chi connectivity index (χ2n) is 3.99. The maximum absolute atomic E-state index is 12.1. The number of aromatic nitrogens is 1. The van der Waals surface area contributed by atoms with E-state index in [1.807, 2.05) is 41.1 Å². The molecule has 2 aromatic heterocycles. The maximum Gasteiger partial charge on any atom is 0.274 e. The summed E-state index contributed by atoms with van der Waals surface area (Å²) in [6, 6.07) is 11.2. The molecule has 5 heteroatoms. The van der Waals surface area contributed by atoms with E-state index in [9.17, 15) is 4.79 Å². The maximum atomic E-state index is 12.1. The van der Waals surface area contributed by atoms with Gasteiger partial charge in [0.05, 0.1) is 5.69 Å². The van der Waals surface area contributed by atoms with Crippen molar-refractivity contribution in [3.63, 3.8) is 0 Å². The summed E-state index contributed by atoms with van der Waals surface area (Å²) in [5.41, 5.74) is 1.08. The van der Waals surface area contributed by atoms with Crippen molar-refractivity contribution in [2.24, 2.45) is 0 Å². The van der Waals surface area contributed by atoms with Gasteiger partial charge in [-0.15, -0.1) is 0 Å². The molecule has 0 bridgehead atoms. The van der Waals surface area contributed by atoms with E-state index in [1.165, 1.54) is 11.3 Å². The highest BCUT2D eigenvalue weighted by atomic mass is 35.5. The van der Waals surface area contributed by atoms with E-state index in [0.717, 1.165) is 16.5 Å². The van der Waals surface area contributed by atoms with Crippen LogP contribution in [0, 0.1) is 0 Å². The third kappa shape index (κ3) is 2.45. The van der Waals surface area contributed by atoms with Crippen LogP contribution in [-0.4, -0.2) is 10.9 Å². The Bertz CT molecular complexity index is 740. The number of thiophene rings is 1. The van der Waals surface area contributed by atoms with Crippen molar-refractivity contribution in [1.82, 2.24) is 4.98 Å². The minimum atomic E-state index is -0.258. The van der Waals surface area contributed by atoms with Gasteiger partial charge < -0.3 is 5.32 Å². The number of amides is 1. The Balaban J connectivity index is 1.98. The molecule has 19 heavy (non-hydrogen) atoms. The Morgan fingerprint density at radius 2 is 2.11 bits per heavy atom. The van der Waals surface area contributed by atoms with Gasteiger partial charge in [0.15, 0.2) is 0 Å². The number of hydrogen-bond acceptors (Lipinski definition) is 3. The first-order chi connectivity index (χ1) is 9.24. The number of halogens is 1. The number of benzene rings is 1. The number of fused-ring (bicyclic) bond motifs is 1. The third-order valence-electron chi connectivity index (χ3n) is 2.71. The van der Waals surface area contributed by atoms with Crippen LogP contribution in [0.15, 0.2) is 47.2 Å². The molecule has 0 aliphatic heterocycles. The SMILES string of the molecule is O=C(Nc1ccsc1)c1cc2ccccc2c(Cl)n1. The van der Waals surface area contributed by atoms with Crippen molar-refractivity contribution in [3.8, 4) is 0 Å². The largest absolute Gasteiger partial charge is 0.320 e. The first kappa shape index (κ1) is 12.1. The molecule has 1 N–H and O–H groups in total. The highest BCUT2D eigenvalue weighted by molar-refractivity contribution is 7.08. The standard InChI is InChI=1S/C14H9ClN2OS/c15-13-11-4-2-1-3-9(11)7-12(17-13)14(18)16-10-5-6-19-8-10/h1-8H,(H,16,18). The molecule has 0 saturated heterocycles. The number of rotatable bonds is 2. The highest BCUT2D eigenvalue weighted by Gasteiger charge is 2.11. The van der Waals surface area contributed by atoms with Crippen molar-refractivity contribution < 1.29 is 4.79 Å². The fourth-order valence-corrected chi connectivity index (χ4v) is 2.65. The number of nitrogens with zero attached hydrogens (tertiary/aromatic N) is 1. The lowest BCUT2D eigenvalue weighted by molar-refractivity contribution is 0.102. The van der Waals surface area contributed by atoms with Crippen LogP contribution in [0.2, 0.25) is 5.15 Å². The van der Waals surface area contributed by atoms with Crippen molar-refractivity contribution >= 4 is 45.3 Å². The molecule has 94 valence electrons. The zero-order valence-electron chi connectivity index (χ0n) is 9.76. The third-order valence-corrected chi connectivity index (χ3v) is 3.68. The van der Waals surface area contributed by atoms with Crippen LogP contribution >= 0.6 is 22.9 Å². The molecule has 0 spiro atoms. The van der Waals surface area contributed by atoms with E-state index in [0.29, 0.717) is 10.8 Å². The summed E-state index contributed by atoms with van der Waals surface area (Å²) >= 11 is 7.62. The molecular formula is C14H9ClN2OS. The molecule has 0 aliphatic rings. The highest BCUT2D eigenvalue weighted by Crippen LogP contribution is 2.23. The van der Waals surface area contributed by atoms with Crippen LogP contribution in [-0.2, 0) is 0 Å². The lowest BCUT2D eigenvalue weighted by atomic mass is 10.1. The van der Waals surface area contributed by atoms with Gasteiger partial charge in [-0.3, -0.25) is 4.79 Å². The van der Waals surface area contributed by atoms with Gasteiger partial charge in [-0.05, 0) is 22.9 Å². The molecule has 1 aromatic carbocycles. The minimum absolute atomic E-state index is 0.258. The van der Waals surface area contributed by atoms with Gasteiger partial charge in [-0.1, -0.05) is 35.9 Å². The van der Waals surface area contributed by atoms with E-state index in [4.69, 9.17) is 11.6 Å². The summed E-state index contributed by atoms with van der Waals surface area (Å²) < 4.78 is 0. The summed E-state index contributed by atoms with van der Waals surface area (Å²) in [5, 5.41) is 8.63. The van der Waals surface area contributed by atoms with Crippen LogP contribution in [0.4, 0.5) is 5.69 Å². The zero-order valence-corrected chi connectivity index (χ0v) is 11.3. The van der Waals surface area contributed by atoms with Crippen molar-refractivity contribution in [2.45, 2.75) is 0 Å². The smallest absolute Gasteiger partial charge is 0.274 e. The number of pyridine rings is 1. The Kier molecular flexibility index (Phi) is 3.19. The molecular weight excluding hydrogens is 280 g/mol.